The molecule has 6 nitrogen and oxygen atoms in total. The summed E-state index contributed by atoms with van der Waals surface area (Å²) in [4.78, 5) is 20.6. The fraction of sp³-hybridized carbons (Fsp3) is 0.312. The summed E-state index contributed by atoms with van der Waals surface area (Å²) < 4.78 is 5.92. The van der Waals surface area contributed by atoms with E-state index < -0.39 is 0 Å². The summed E-state index contributed by atoms with van der Waals surface area (Å²) in [5.41, 5.74) is 2.35. The molecule has 1 amide bonds. The zero-order chi connectivity index (χ0) is 16.8. The van der Waals surface area contributed by atoms with E-state index in [2.05, 4.69) is 36.5 Å². The summed E-state index contributed by atoms with van der Waals surface area (Å²) in [6.07, 6.45) is 0. The van der Waals surface area contributed by atoms with E-state index in [1.807, 2.05) is 25.1 Å². The number of anilines is 2. The number of aryl methyl sites for hydroxylation is 2. The van der Waals surface area contributed by atoms with Gasteiger partial charge in [0.2, 0.25) is 0 Å². The molecule has 0 radical (unpaired) electrons. The van der Waals surface area contributed by atoms with Crippen molar-refractivity contribution in [3.05, 3.63) is 45.8 Å². The summed E-state index contributed by atoms with van der Waals surface area (Å²) in [7, 11) is 1.59. The van der Waals surface area contributed by atoms with Gasteiger partial charge >= 0.3 is 0 Å². The van der Waals surface area contributed by atoms with E-state index in [0.29, 0.717) is 30.5 Å². The molecule has 7 heteroatoms. The van der Waals surface area contributed by atoms with Crippen LogP contribution < -0.4 is 10.6 Å². The van der Waals surface area contributed by atoms with Crippen LogP contribution in [-0.2, 0) is 4.74 Å². The second-order valence-corrected chi connectivity index (χ2v) is 5.88. The first-order valence-corrected chi connectivity index (χ1v) is 7.95. The highest BCUT2D eigenvalue weighted by atomic mass is 79.9. The second-order valence-electron chi connectivity index (χ2n) is 5.02. The first kappa shape index (κ1) is 17.4. The molecule has 0 bridgehead atoms. The van der Waals surface area contributed by atoms with E-state index in [9.17, 15) is 4.79 Å². The Morgan fingerprint density at radius 1 is 1.26 bits per heavy atom. The average Bonchev–Trinajstić information content (AvgIpc) is 2.50. The van der Waals surface area contributed by atoms with E-state index in [-0.39, 0.29) is 5.91 Å². The van der Waals surface area contributed by atoms with Gasteiger partial charge in [-0.3, -0.25) is 4.79 Å². The van der Waals surface area contributed by atoms with Gasteiger partial charge in [0.1, 0.15) is 17.3 Å². The molecule has 1 aromatic heterocycles. The molecule has 0 aliphatic rings. The van der Waals surface area contributed by atoms with E-state index in [1.165, 1.54) is 0 Å². The lowest BCUT2D eigenvalue weighted by molar-refractivity contribution is 0.0932. The van der Waals surface area contributed by atoms with Crippen LogP contribution in [0, 0.1) is 13.8 Å². The lowest BCUT2D eigenvalue weighted by atomic mass is 10.2. The minimum absolute atomic E-state index is 0.249. The highest BCUT2D eigenvalue weighted by Gasteiger charge is 2.10. The van der Waals surface area contributed by atoms with Gasteiger partial charge in [0.25, 0.3) is 5.91 Å². The fourth-order valence-corrected chi connectivity index (χ4v) is 2.30. The largest absolute Gasteiger partial charge is 0.383 e. The fourth-order valence-electron chi connectivity index (χ4n) is 1.92. The van der Waals surface area contributed by atoms with E-state index in [0.717, 1.165) is 15.7 Å². The molecule has 122 valence electrons. The molecule has 1 heterocycles. The van der Waals surface area contributed by atoms with Crippen LogP contribution in [0.3, 0.4) is 0 Å². The number of halogens is 1. The molecular weight excluding hydrogens is 360 g/mol. The van der Waals surface area contributed by atoms with Crippen LogP contribution in [0.25, 0.3) is 0 Å². The van der Waals surface area contributed by atoms with Crippen LogP contribution in [0.4, 0.5) is 11.5 Å². The molecule has 2 rings (SSSR count). The highest BCUT2D eigenvalue weighted by molar-refractivity contribution is 9.10. The molecule has 2 aromatic rings. The highest BCUT2D eigenvalue weighted by Crippen LogP contribution is 2.23. The first-order valence-electron chi connectivity index (χ1n) is 7.15. The molecule has 0 atom stereocenters. The third-order valence-electron chi connectivity index (χ3n) is 3.11. The van der Waals surface area contributed by atoms with Crippen molar-refractivity contribution in [1.29, 1.82) is 0 Å². The van der Waals surface area contributed by atoms with E-state index in [4.69, 9.17) is 4.74 Å². The summed E-state index contributed by atoms with van der Waals surface area (Å²) in [6.45, 7) is 4.66. The summed E-state index contributed by atoms with van der Waals surface area (Å²) in [5, 5.41) is 5.93. The van der Waals surface area contributed by atoms with Gasteiger partial charge < -0.3 is 15.4 Å². The van der Waals surface area contributed by atoms with Crippen molar-refractivity contribution in [3.63, 3.8) is 0 Å². The van der Waals surface area contributed by atoms with Gasteiger partial charge in [-0.1, -0.05) is 22.0 Å². The lowest BCUT2D eigenvalue weighted by Crippen LogP contribution is -2.28. The molecule has 1 aromatic carbocycles. The number of ether oxygens (including phenoxy) is 1. The Hall–Kier alpha value is -1.99. The molecule has 0 spiro atoms. The molecule has 0 aliphatic carbocycles. The molecule has 0 saturated heterocycles. The van der Waals surface area contributed by atoms with Gasteiger partial charge in [-0.2, -0.15) is 0 Å². The topological polar surface area (TPSA) is 76.1 Å². The monoisotopic (exact) mass is 378 g/mol. The molecule has 23 heavy (non-hydrogen) atoms. The molecule has 0 saturated carbocycles. The Labute approximate surface area is 143 Å². The Morgan fingerprint density at radius 3 is 2.74 bits per heavy atom. The zero-order valence-corrected chi connectivity index (χ0v) is 14.9. The van der Waals surface area contributed by atoms with Crippen molar-refractivity contribution >= 4 is 33.3 Å². The number of methoxy groups -OCH3 is 1. The van der Waals surface area contributed by atoms with Gasteiger partial charge in [0.05, 0.1) is 6.61 Å². The third kappa shape index (κ3) is 5.01. The van der Waals surface area contributed by atoms with Crippen molar-refractivity contribution < 1.29 is 9.53 Å². The Kier molecular flexibility index (Phi) is 6.06. The van der Waals surface area contributed by atoms with Crippen LogP contribution in [-0.4, -0.2) is 36.1 Å². The summed E-state index contributed by atoms with van der Waals surface area (Å²) >= 11 is 3.50. The van der Waals surface area contributed by atoms with Gasteiger partial charge in [0.15, 0.2) is 0 Å². The molecule has 0 fully saturated rings. The summed E-state index contributed by atoms with van der Waals surface area (Å²) in [6, 6.07) is 7.54. The van der Waals surface area contributed by atoms with Gasteiger partial charge in [0, 0.05) is 29.9 Å². The quantitative estimate of drug-likeness (QED) is 0.755. The number of benzene rings is 1. The van der Waals surface area contributed by atoms with Crippen LogP contribution in [0.2, 0.25) is 0 Å². The SMILES string of the molecule is COCCNC(=O)c1cc(Nc2ccc(C)c(Br)c2)nc(C)n1. The average molecular weight is 379 g/mol. The van der Waals surface area contributed by atoms with E-state index >= 15 is 0 Å². The number of nitrogens with one attached hydrogen (secondary N) is 2. The molecular formula is C16H19BrN4O2. The Balaban J connectivity index is 2.16. The number of hydrogen-bond acceptors (Lipinski definition) is 5. The maximum absolute atomic E-state index is 12.1. The summed E-state index contributed by atoms with van der Waals surface area (Å²) in [5.74, 6) is 0.851. The van der Waals surface area contributed by atoms with Crippen molar-refractivity contribution in [2.24, 2.45) is 0 Å². The van der Waals surface area contributed by atoms with Crippen molar-refractivity contribution in [3.8, 4) is 0 Å². The number of nitrogens with zero attached hydrogens (tertiary/aromatic N) is 2. The second kappa shape index (κ2) is 8.03. The molecule has 0 unspecified atom stereocenters. The number of aromatic nitrogens is 2. The maximum Gasteiger partial charge on any atom is 0.270 e. The smallest absolute Gasteiger partial charge is 0.270 e. The number of hydrogen-bond donors (Lipinski definition) is 2. The first-order chi connectivity index (χ1) is 11.0. The normalized spacial score (nSPS) is 10.4. The Bertz CT molecular complexity index is 706. The van der Waals surface area contributed by atoms with Gasteiger partial charge in [-0.25, -0.2) is 9.97 Å². The van der Waals surface area contributed by atoms with Crippen molar-refractivity contribution in [2.75, 3.05) is 25.6 Å². The third-order valence-corrected chi connectivity index (χ3v) is 3.96. The Morgan fingerprint density at radius 2 is 2.04 bits per heavy atom. The number of carbonyl (C=O) groups is 1. The molecule has 2 N–H and O–H groups in total. The number of amides is 1. The minimum Gasteiger partial charge on any atom is -0.383 e. The predicted octanol–water partition coefficient (Wildman–Crippen LogP) is 2.98. The van der Waals surface area contributed by atoms with Crippen LogP contribution in [0.15, 0.2) is 28.7 Å². The van der Waals surface area contributed by atoms with Crippen molar-refractivity contribution in [2.45, 2.75) is 13.8 Å². The van der Waals surface area contributed by atoms with Crippen molar-refractivity contribution in [1.82, 2.24) is 15.3 Å². The number of rotatable bonds is 6. The maximum atomic E-state index is 12.1. The van der Waals surface area contributed by atoms with Gasteiger partial charge in [-0.05, 0) is 31.5 Å². The molecule has 0 aliphatic heterocycles. The minimum atomic E-state index is -0.249. The van der Waals surface area contributed by atoms with Crippen LogP contribution in [0.5, 0.6) is 0 Å². The lowest BCUT2D eigenvalue weighted by Gasteiger charge is -2.10. The zero-order valence-electron chi connectivity index (χ0n) is 13.3. The van der Waals surface area contributed by atoms with Crippen LogP contribution >= 0.6 is 15.9 Å². The van der Waals surface area contributed by atoms with E-state index in [1.54, 1.807) is 20.1 Å². The number of carbonyl (C=O) groups excluding carboxylic acids is 1. The van der Waals surface area contributed by atoms with Gasteiger partial charge in [-0.15, -0.1) is 0 Å². The van der Waals surface area contributed by atoms with Crippen LogP contribution in [0.1, 0.15) is 21.9 Å². The standard InChI is InChI=1S/C16H19BrN4O2/c1-10-4-5-12(8-13(10)17)21-15-9-14(19-11(2)20-15)16(22)18-6-7-23-3/h4-5,8-9H,6-7H2,1-3H3,(H,18,22)(H,19,20,21). The predicted molar refractivity (Wildman–Crippen MR) is 93.1 cm³/mol.